The lowest BCUT2D eigenvalue weighted by atomic mass is 10.1. The Morgan fingerprint density at radius 2 is 1.71 bits per heavy atom. The molecular formula is C21H26N4O3. The van der Waals surface area contributed by atoms with Gasteiger partial charge in [-0.15, -0.1) is 0 Å². The summed E-state index contributed by atoms with van der Waals surface area (Å²) in [4.78, 5) is 27.6. The van der Waals surface area contributed by atoms with Gasteiger partial charge in [0.05, 0.1) is 4.92 Å². The fourth-order valence-electron chi connectivity index (χ4n) is 3.35. The molecule has 1 aliphatic heterocycles. The third-order valence-electron chi connectivity index (χ3n) is 4.85. The Hall–Kier alpha value is -3.09. The van der Waals surface area contributed by atoms with E-state index in [-0.39, 0.29) is 22.6 Å². The van der Waals surface area contributed by atoms with Crippen molar-refractivity contribution < 1.29 is 9.72 Å². The first-order chi connectivity index (χ1) is 13.3. The molecule has 0 aromatic heterocycles. The molecule has 0 saturated carbocycles. The number of nitro groups is 1. The van der Waals surface area contributed by atoms with Crippen molar-refractivity contribution in [1.29, 1.82) is 0 Å². The van der Waals surface area contributed by atoms with Crippen LogP contribution in [-0.2, 0) is 0 Å². The van der Waals surface area contributed by atoms with E-state index >= 15 is 0 Å². The van der Waals surface area contributed by atoms with Gasteiger partial charge in [0.2, 0.25) is 0 Å². The van der Waals surface area contributed by atoms with Crippen molar-refractivity contribution in [3.63, 3.8) is 0 Å². The molecule has 1 fully saturated rings. The Morgan fingerprint density at radius 1 is 1.07 bits per heavy atom. The van der Waals surface area contributed by atoms with Gasteiger partial charge in [0.25, 0.3) is 11.6 Å². The largest absolute Gasteiger partial charge is 0.377 e. The Labute approximate surface area is 165 Å². The fraction of sp³-hybridized carbons (Fsp3) is 0.381. The van der Waals surface area contributed by atoms with Crippen LogP contribution in [0.3, 0.4) is 0 Å². The van der Waals surface area contributed by atoms with E-state index < -0.39 is 0 Å². The Bertz CT molecular complexity index is 856. The number of benzene rings is 2. The van der Waals surface area contributed by atoms with Crippen molar-refractivity contribution in [2.45, 2.75) is 26.8 Å². The van der Waals surface area contributed by atoms with Crippen molar-refractivity contribution in [2.75, 3.05) is 36.4 Å². The first-order valence-electron chi connectivity index (χ1n) is 9.51. The lowest BCUT2D eigenvalue weighted by molar-refractivity contribution is -0.384. The van der Waals surface area contributed by atoms with Crippen LogP contribution in [0.2, 0.25) is 0 Å². The van der Waals surface area contributed by atoms with E-state index in [2.05, 4.69) is 10.2 Å². The summed E-state index contributed by atoms with van der Waals surface area (Å²) in [6, 6.07) is 12.9. The van der Waals surface area contributed by atoms with Gasteiger partial charge in [0.1, 0.15) is 5.69 Å². The van der Waals surface area contributed by atoms with Crippen molar-refractivity contribution in [2.24, 2.45) is 0 Å². The molecule has 0 unspecified atom stereocenters. The van der Waals surface area contributed by atoms with Crippen LogP contribution >= 0.6 is 0 Å². The van der Waals surface area contributed by atoms with Gasteiger partial charge in [-0.3, -0.25) is 14.9 Å². The highest BCUT2D eigenvalue weighted by molar-refractivity contribution is 5.94. The van der Waals surface area contributed by atoms with E-state index in [1.165, 1.54) is 0 Å². The van der Waals surface area contributed by atoms with E-state index in [1.54, 1.807) is 12.1 Å². The number of carbonyl (C=O) groups excluding carboxylic acids is 1. The topological polar surface area (TPSA) is 78.7 Å². The number of hydrogen-bond donors (Lipinski definition) is 1. The minimum Gasteiger partial charge on any atom is -0.377 e. The van der Waals surface area contributed by atoms with Gasteiger partial charge in [0.15, 0.2) is 0 Å². The molecule has 3 rings (SSSR count). The zero-order chi connectivity index (χ0) is 20.3. The van der Waals surface area contributed by atoms with Gasteiger partial charge >= 0.3 is 0 Å². The van der Waals surface area contributed by atoms with E-state index in [9.17, 15) is 14.9 Å². The SMILES string of the molecule is Cc1ccc(C(=O)N2CCN(c3ccc([N+](=O)[O-])c(NC(C)C)c3)CC2)cc1. The quantitative estimate of drug-likeness (QED) is 0.630. The molecule has 148 valence electrons. The minimum atomic E-state index is -0.368. The lowest BCUT2D eigenvalue weighted by Gasteiger charge is -2.36. The lowest BCUT2D eigenvalue weighted by Crippen LogP contribution is -2.48. The van der Waals surface area contributed by atoms with Gasteiger partial charge < -0.3 is 15.1 Å². The maximum atomic E-state index is 12.7. The molecule has 1 aliphatic rings. The molecule has 0 atom stereocenters. The number of rotatable bonds is 5. The second-order valence-electron chi connectivity index (χ2n) is 7.40. The summed E-state index contributed by atoms with van der Waals surface area (Å²) < 4.78 is 0. The van der Waals surface area contributed by atoms with Crippen molar-refractivity contribution in [1.82, 2.24) is 4.90 Å². The van der Waals surface area contributed by atoms with Crippen molar-refractivity contribution >= 4 is 23.0 Å². The molecule has 0 bridgehead atoms. The van der Waals surface area contributed by atoms with Crippen LogP contribution in [0.1, 0.15) is 29.8 Å². The van der Waals surface area contributed by atoms with Crippen molar-refractivity contribution in [3.8, 4) is 0 Å². The van der Waals surface area contributed by atoms with Gasteiger partial charge in [-0.25, -0.2) is 0 Å². The van der Waals surface area contributed by atoms with Crippen LogP contribution in [0.25, 0.3) is 0 Å². The van der Waals surface area contributed by atoms with E-state index in [0.29, 0.717) is 37.4 Å². The second-order valence-corrected chi connectivity index (χ2v) is 7.40. The molecule has 2 aromatic rings. The highest BCUT2D eigenvalue weighted by Crippen LogP contribution is 2.30. The predicted octanol–water partition coefficient (Wildman–Crippen LogP) is 3.69. The smallest absolute Gasteiger partial charge is 0.292 e. The molecular weight excluding hydrogens is 356 g/mol. The summed E-state index contributed by atoms with van der Waals surface area (Å²) in [5.74, 6) is 0.0468. The number of amides is 1. The van der Waals surface area contributed by atoms with Crippen LogP contribution in [-0.4, -0.2) is 48.0 Å². The number of piperazine rings is 1. The van der Waals surface area contributed by atoms with E-state index in [1.807, 2.05) is 56.0 Å². The summed E-state index contributed by atoms with van der Waals surface area (Å²) in [5.41, 5.74) is 3.36. The number of carbonyl (C=O) groups is 1. The van der Waals surface area contributed by atoms with Crippen molar-refractivity contribution in [3.05, 3.63) is 63.7 Å². The number of nitro benzene ring substituents is 1. The first-order valence-corrected chi connectivity index (χ1v) is 9.51. The molecule has 1 N–H and O–H groups in total. The monoisotopic (exact) mass is 382 g/mol. The van der Waals surface area contributed by atoms with Crippen LogP contribution in [0.15, 0.2) is 42.5 Å². The van der Waals surface area contributed by atoms with Crippen LogP contribution in [0, 0.1) is 17.0 Å². The van der Waals surface area contributed by atoms with E-state index in [4.69, 9.17) is 0 Å². The number of nitrogens with one attached hydrogen (secondary N) is 1. The highest BCUT2D eigenvalue weighted by Gasteiger charge is 2.24. The Morgan fingerprint density at radius 3 is 2.29 bits per heavy atom. The van der Waals surface area contributed by atoms with Crippen LogP contribution < -0.4 is 10.2 Å². The zero-order valence-electron chi connectivity index (χ0n) is 16.5. The molecule has 1 amide bonds. The maximum absolute atomic E-state index is 12.7. The van der Waals surface area contributed by atoms with Crippen LogP contribution in [0.5, 0.6) is 0 Å². The fourth-order valence-corrected chi connectivity index (χ4v) is 3.35. The van der Waals surface area contributed by atoms with E-state index in [0.717, 1.165) is 11.3 Å². The summed E-state index contributed by atoms with van der Waals surface area (Å²) in [6.45, 7) is 8.53. The first kappa shape index (κ1) is 19.7. The third-order valence-corrected chi connectivity index (χ3v) is 4.85. The summed E-state index contributed by atoms with van der Waals surface area (Å²) in [5, 5.41) is 14.4. The molecule has 1 heterocycles. The molecule has 0 aliphatic carbocycles. The maximum Gasteiger partial charge on any atom is 0.292 e. The van der Waals surface area contributed by atoms with Gasteiger partial charge in [-0.05, 0) is 45.0 Å². The number of hydrogen-bond acceptors (Lipinski definition) is 5. The normalized spacial score (nSPS) is 14.3. The molecule has 7 nitrogen and oxygen atoms in total. The summed E-state index contributed by atoms with van der Waals surface area (Å²) in [7, 11) is 0. The molecule has 1 saturated heterocycles. The number of anilines is 2. The Kier molecular flexibility index (Phi) is 5.82. The standard InChI is InChI=1S/C21H26N4O3/c1-15(2)22-19-14-18(8-9-20(19)25(27)28)23-10-12-24(13-11-23)21(26)17-6-4-16(3)5-7-17/h4-9,14-15,22H,10-13H2,1-3H3. The second kappa shape index (κ2) is 8.29. The molecule has 7 heteroatoms. The number of aryl methyl sites for hydroxylation is 1. The molecule has 28 heavy (non-hydrogen) atoms. The van der Waals surface area contributed by atoms with Gasteiger partial charge in [-0.2, -0.15) is 0 Å². The number of nitrogens with zero attached hydrogens (tertiary/aromatic N) is 3. The van der Waals surface area contributed by atoms with Gasteiger partial charge in [-0.1, -0.05) is 17.7 Å². The molecule has 0 radical (unpaired) electrons. The Balaban J connectivity index is 1.69. The predicted molar refractivity (Wildman–Crippen MR) is 111 cm³/mol. The summed E-state index contributed by atoms with van der Waals surface area (Å²) >= 11 is 0. The summed E-state index contributed by atoms with van der Waals surface area (Å²) in [6.07, 6.45) is 0. The van der Waals surface area contributed by atoms with Gasteiger partial charge in [0, 0.05) is 49.5 Å². The van der Waals surface area contributed by atoms with Crippen LogP contribution in [0.4, 0.5) is 17.1 Å². The molecule has 0 spiro atoms. The zero-order valence-corrected chi connectivity index (χ0v) is 16.5. The third kappa shape index (κ3) is 4.42. The molecule has 2 aromatic carbocycles. The average Bonchev–Trinajstić information content (AvgIpc) is 2.67. The highest BCUT2D eigenvalue weighted by atomic mass is 16.6. The average molecular weight is 382 g/mol. The minimum absolute atomic E-state index is 0.0468.